The zero-order valence-electron chi connectivity index (χ0n) is 13.4. The lowest BCUT2D eigenvalue weighted by Gasteiger charge is -2.33. The Morgan fingerprint density at radius 1 is 1.32 bits per heavy atom. The van der Waals surface area contributed by atoms with Crippen LogP contribution in [0.2, 0.25) is 5.02 Å². The van der Waals surface area contributed by atoms with Crippen molar-refractivity contribution in [3.05, 3.63) is 22.7 Å². The Kier molecular flexibility index (Phi) is 5.53. The first kappa shape index (κ1) is 16.9. The van der Waals surface area contributed by atoms with E-state index in [9.17, 15) is 4.79 Å². The van der Waals surface area contributed by atoms with Crippen molar-refractivity contribution in [1.29, 1.82) is 0 Å². The molecule has 0 aromatic heterocycles. The van der Waals surface area contributed by atoms with Gasteiger partial charge in [-0.3, -0.25) is 4.79 Å². The summed E-state index contributed by atoms with van der Waals surface area (Å²) < 4.78 is 5.23. The molecule has 5 nitrogen and oxygen atoms in total. The maximum atomic E-state index is 11.4. The van der Waals surface area contributed by atoms with Crippen LogP contribution in [0, 0.1) is 0 Å². The zero-order chi connectivity index (χ0) is 16.3. The van der Waals surface area contributed by atoms with Gasteiger partial charge in [0.2, 0.25) is 0 Å². The topological polar surface area (TPSA) is 67.6 Å². The Bertz CT molecular complexity index is 540. The van der Waals surface area contributed by atoms with Crippen LogP contribution in [0.25, 0.3) is 0 Å². The summed E-state index contributed by atoms with van der Waals surface area (Å²) in [6.07, 6.45) is 4.52. The molecule has 3 N–H and O–H groups in total. The van der Waals surface area contributed by atoms with Crippen LogP contribution in [-0.2, 0) is 0 Å². The molecule has 0 saturated heterocycles. The summed E-state index contributed by atoms with van der Waals surface area (Å²) in [5.74, 6) is -0.0989. The smallest absolute Gasteiger partial charge is 0.252 e. The number of nitrogens with two attached hydrogens (primary N) is 1. The lowest BCUT2D eigenvalue weighted by atomic mass is 9.90. The molecule has 0 heterocycles. The molecule has 0 atom stereocenters. The second-order valence-corrected chi connectivity index (χ2v) is 6.42. The maximum Gasteiger partial charge on any atom is 0.252 e. The van der Waals surface area contributed by atoms with Gasteiger partial charge in [-0.25, -0.2) is 0 Å². The molecule has 1 aliphatic rings. The molecule has 0 bridgehead atoms. The summed E-state index contributed by atoms with van der Waals surface area (Å²) >= 11 is 6.27. The molecular formula is C16H24ClN3O2. The quantitative estimate of drug-likeness (QED) is 0.873. The minimum atomic E-state index is -0.545. The normalized spacial score (nSPS) is 21.7. The molecule has 1 aliphatic carbocycles. The van der Waals surface area contributed by atoms with Gasteiger partial charge in [-0.15, -0.1) is 0 Å². The third-order valence-corrected chi connectivity index (χ3v) is 4.65. The number of methoxy groups -OCH3 is 1. The Labute approximate surface area is 136 Å². The van der Waals surface area contributed by atoms with Crippen molar-refractivity contribution in [3.63, 3.8) is 0 Å². The first-order valence-corrected chi connectivity index (χ1v) is 7.90. The van der Waals surface area contributed by atoms with Crippen LogP contribution >= 0.6 is 11.6 Å². The van der Waals surface area contributed by atoms with E-state index in [4.69, 9.17) is 22.1 Å². The highest BCUT2D eigenvalue weighted by atomic mass is 35.5. The molecule has 1 aromatic carbocycles. The average Bonchev–Trinajstić information content (AvgIpc) is 2.49. The lowest BCUT2D eigenvalue weighted by molar-refractivity contribution is 0.0997. The highest BCUT2D eigenvalue weighted by molar-refractivity contribution is 6.33. The summed E-state index contributed by atoms with van der Waals surface area (Å²) in [7, 11) is 5.77. The fourth-order valence-corrected chi connectivity index (χ4v) is 3.20. The Balaban J connectivity index is 2.09. The molecule has 122 valence electrons. The standard InChI is InChI=1S/C16H24ClN3O2/c1-20(2)11-6-4-10(5-7-11)19-14-9-15(22-3)12(16(18)21)8-13(14)17/h8-11,19H,4-7H2,1-3H3,(H2,18,21)/t10-,11-. The number of nitrogens with zero attached hydrogens (tertiary/aromatic N) is 1. The van der Waals surface area contributed by atoms with E-state index < -0.39 is 5.91 Å². The number of hydrogen-bond acceptors (Lipinski definition) is 4. The molecule has 0 spiro atoms. The number of carbonyl (C=O) groups excluding carboxylic acids is 1. The number of nitrogens with one attached hydrogen (secondary N) is 1. The minimum Gasteiger partial charge on any atom is -0.496 e. The summed E-state index contributed by atoms with van der Waals surface area (Å²) in [6.45, 7) is 0. The van der Waals surface area contributed by atoms with Crippen LogP contribution < -0.4 is 15.8 Å². The van der Waals surface area contributed by atoms with E-state index in [0.717, 1.165) is 18.5 Å². The van der Waals surface area contributed by atoms with Gasteiger partial charge in [-0.1, -0.05) is 11.6 Å². The number of hydrogen-bond donors (Lipinski definition) is 2. The fraction of sp³-hybridized carbons (Fsp3) is 0.562. The third-order valence-electron chi connectivity index (χ3n) is 4.34. The molecule has 1 fully saturated rings. The van der Waals surface area contributed by atoms with E-state index in [1.165, 1.54) is 20.0 Å². The van der Waals surface area contributed by atoms with Gasteiger partial charge < -0.3 is 20.7 Å². The van der Waals surface area contributed by atoms with Gasteiger partial charge in [0.05, 0.1) is 23.4 Å². The summed E-state index contributed by atoms with van der Waals surface area (Å²) in [4.78, 5) is 13.7. The van der Waals surface area contributed by atoms with Gasteiger partial charge in [-0.2, -0.15) is 0 Å². The first-order chi connectivity index (χ1) is 10.4. The Hall–Kier alpha value is -1.46. The average molecular weight is 326 g/mol. The predicted octanol–water partition coefficient (Wildman–Crippen LogP) is 2.73. The second-order valence-electron chi connectivity index (χ2n) is 6.01. The predicted molar refractivity (Wildman–Crippen MR) is 89.9 cm³/mol. The highest BCUT2D eigenvalue weighted by Crippen LogP contribution is 2.33. The van der Waals surface area contributed by atoms with Crippen molar-refractivity contribution in [3.8, 4) is 5.75 Å². The van der Waals surface area contributed by atoms with Crippen molar-refractivity contribution in [1.82, 2.24) is 4.90 Å². The summed E-state index contributed by atoms with van der Waals surface area (Å²) in [6, 6.07) is 4.36. The molecular weight excluding hydrogens is 302 g/mol. The van der Waals surface area contributed by atoms with Gasteiger partial charge in [0.15, 0.2) is 0 Å². The van der Waals surface area contributed by atoms with Crippen LogP contribution in [0.5, 0.6) is 5.75 Å². The number of ether oxygens (including phenoxy) is 1. The number of benzene rings is 1. The van der Waals surface area contributed by atoms with Gasteiger partial charge in [0.1, 0.15) is 5.75 Å². The van der Waals surface area contributed by atoms with Crippen molar-refractivity contribution in [2.24, 2.45) is 5.73 Å². The van der Waals surface area contributed by atoms with E-state index >= 15 is 0 Å². The highest BCUT2D eigenvalue weighted by Gasteiger charge is 2.23. The van der Waals surface area contributed by atoms with Crippen molar-refractivity contribution in [2.75, 3.05) is 26.5 Å². The zero-order valence-corrected chi connectivity index (χ0v) is 14.1. The van der Waals surface area contributed by atoms with Crippen LogP contribution in [0.15, 0.2) is 12.1 Å². The maximum absolute atomic E-state index is 11.4. The lowest BCUT2D eigenvalue weighted by Crippen LogP contribution is -2.36. The molecule has 0 aliphatic heterocycles. The molecule has 0 unspecified atom stereocenters. The Morgan fingerprint density at radius 2 is 1.95 bits per heavy atom. The van der Waals surface area contributed by atoms with Crippen molar-refractivity contribution in [2.45, 2.75) is 37.8 Å². The first-order valence-electron chi connectivity index (χ1n) is 7.52. The van der Waals surface area contributed by atoms with E-state index in [0.29, 0.717) is 28.4 Å². The van der Waals surface area contributed by atoms with Crippen LogP contribution in [0.4, 0.5) is 5.69 Å². The van der Waals surface area contributed by atoms with Gasteiger partial charge in [0, 0.05) is 18.2 Å². The van der Waals surface area contributed by atoms with Gasteiger partial charge in [-0.05, 0) is 45.8 Å². The largest absolute Gasteiger partial charge is 0.496 e. The van der Waals surface area contributed by atoms with E-state index in [1.54, 1.807) is 12.1 Å². The summed E-state index contributed by atoms with van der Waals surface area (Å²) in [5, 5.41) is 3.96. The number of rotatable bonds is 5. The second kappa shape index (κ2) is 7.20. The monoisotopic (exact) mass is 325 g/mol. The summed E-state index contributed by atoms with van der Waals surface area (Å²) in [5.41, 5.74) is 6.42. The molecule has 0 radical (unpaired) electrons. The van der Waals surface area contributed by atoms with E-state index in [1.807, 2.05) is 0 Å². The molecule has 1 saturated carbocycles. The van der Waals surface area contributed by atoms with E-state index in [-0.39, 0.29) is 0 Å². The van der Waals surface area contributed by atoms with Crippen molar-refractivity contribution >= 4 is 23.2 Å². The van der Waals surface area contributed by atoms with Crippen LogP contribution in [0.3, 0.4) is 0 Å². The molecule has 6 heteroatoms. The number of anilines is 1. The van der Waals surface area contributed by atoms with Crippen LogP contribution in [0.1, 0.15) is 36.0 Å². The fourth-order valence-electron chi connectivity index (χ4n) is 2.98. The van der Waals surface area contributed by atoms with Crippen LogP contribution in [-0.4, -0.2) is 44.1 Å². The number of halogens is 1. The van der Waals surface area contributed by atoms with Gasteiger partial charge in [0.25, 0.3) is 5.91 Å². The Morgan fingerprint density at radius 3 is 2.45 bits per heavy atom. The van der Waals surface area contributed by atoms with Gasteiger partial charge >= 0.3 is 0 Å². The molecule has 1 amide bonds. The SMILES string of the molecule is COc1cc(N[C@H]2CC[C@H](N(C)C)CC2)c(Cl)cc1C(N)=O. The molecule has 1 aromatic rings. The third kappa shape index (κ3) is 3.84. The van der Waals surface area contributed by atoms with Crippen molar-refractivity contribution < 1.29 is 9.53 Å². The number of primary amides is 1. The minimum absolute atomic E-state index is 0.300. The number of carbonyl (C=O) groups is 1. The molecule has 22 heavy (non-hydrogen) atoms. The number of amides is 1. The molecule has 2 rings (SSSR count). The van der Waals surface area contributed by atoms with E-state index in [2.05, 4.69) is 24.3 Å².